The van der Waals surface area contributed by atoms with Crippen LogP contribution in [0.25, 0.3) is 0 Å². The van der Waals surface area contributed by atoms with E-state index in [1.165, 1.54) is 0 Å². The van der Waals surface area contributed by atoms with Crippen molar-refractivity contribution < 1.29 is 76.9 Å². The normalized spacial score (nSPS) is 26.9. The van der Waals surface area contributed by atoms with Gasteiger partial charge in [-0.1, -0.05) is 243 Å². The summed E-state index contributed by atoms with van der Waals surface area (Å²) in [6, 6.07) is 77.7. The van der Waals surface area contributed by atoms with E-state index in [-0.39, 0.29) is 66.1 Å². The van der Waals surface area contributed by atoms with Gasteiger partial charge in [0.2, 0.25) is 0 Å². The van der Waals surface area contributed by atoms with Gasteiger partial charge in [-0.2, -0.15) is 0 Å². The zero-order valence-corrected chi connectivity index (χ0v) is 50.2. The first-order valence-corrected chi connectivity index (χ1v) is 30.8. The molecular weight excluding hydrogens is 1140 g/mol. The molecular formula is C74H80O16. The fourth-order valence-corrected chi connectivity index (χ4v) is 11.4. The van der Waals surface area contributed by atoms with Crippen molar-refractivity contribution in [3.63, 3.8) is 0 Å². The molecule has 0 radical (unpaired) electrons. The second-order valence-electron chi connectivity index (χ2n) is 22.6. The van der Waals surface area contributed by atoms with E-state index in [0.717, 1.165) is 44.5 Å². The Morgan fingerprint density at radius 1 is 0.267 bits per heavy atom. The fraction of sp³-hybridized carbons (Fsp3) is 0.351. The summed E-state index contributed by atoms with van der Waals surface area (Å²) in [6.07, 6.45) is -17.5. The van der Waals surface area contributed by atoms with Crippen LogP contribution < -0.4 is 0 Å². The van der Waals surface area contributed by atoms with Crippen LogP contribution in [0, 0.1) is 0 Å². The Bertz CT molecular complexity index is 3240. The highest BCUT2D eigenvalue weighted by Crippen LogP contribution is 2.39. The van der Waals surface area contributed by atoms with Crippen LogP contribution in [0.1, 0.15) is 44.5 Å². The van der Waals surface area contributed by atoms with Crippen LogP contribution in [0.2, 0.25) is 0 Å². The highest BCUT2D eigenvalue weighted by atomic mass is 16.8. The van der Waals surface area contributed by atoms with Crippen LogP contribution >= 0.6 is 0 Å². The summed E-state index contributed by atoms with van der Waals surface area (Å²) in [7, 11) is 0. The highest BCUT2D eigenvalue weighted by Gasteiger charge is 2.57. The van der Waals surface area contributed by atoms with Crippen LogP contribution in [0.15, 0.2) is 243 Å². The molecule has 0 amide bonds. The van der Waals surface area contributed by atoms with Crippen molar-refractivity contribution in [3.8, 4) is 0 Å². The molecule has 0 aromatic heterocycles. The zero-order chi connectivity index (χ0) is 61.5. The smallest absolute Gasteiger partial charge is 0.187 e. The maximum absolute atomic E-state index is 12.6. The standard InChI is InChI=1S/C74H80O16/c75-41-60-64(67(81-45-55-31-15-4-16-32-55)69(72(77)86-60)83-47-57-35-19-6-20-36-57)89-74-71(85-49-59-39-23-8-24-40-59)68(82-46-56-33-17-5-18-34-56)65(62(88-74)51-79-43-53-27-11-2-12-28-53)90-73-70(84-48-58-37-21-7-22-38-58)66(80-44-54-29-13-3-14-30-54)63(76)61(87-73)50-78-42-52-25-9-1-10-26-52/h1-40,60-77H,41-51H2/t60-,61-,62-,63-,64-,65-,66+,67+,68+,69-,70-,71-,72+,73-,74-/m1/s1. The maximum Gasteiger partial charge on any atom is 0.187 e. The fourth-order valence-electron chi connectivity index (χ4n) is 11.4. The molecule has 472 valence electrons. The third-order valence-electron chi connectivity index (χ3n) is 16.1. The Kier molecular flexibility index (Phi) is 24.4. The summed E-state index contributed by atoms with van der Waals surface area (Å²) < 4.78 is 90.1. The molecule has 3 heterocycles. The van der Waals surface area contributed by atoms with E-state index < -0.39 is 98.7 Å². The zero-order valence-electron chi connectivity index (χ0n) is 50.2. The maximum atomic E-state index is 12.6. The van der Waals surface area contributed by atoms with E-state index in [0.29, 0.717) is 0 Å². The average Bonchev–Trinajstić information content (AvgIpc) is 1.00. The van der Waals surface area contributed by atoms with E-state index in [2.05, 4.69) is 0 Å². The molecule has 90 heavy (non-hydrogen) atoms. The van der Waals surface area contributed by atoms with Crippen LogP contribution in [-0.4, -0.2) is 127 Å². The summed E-state index contributed by atoms with van der Waals surface area (Å²) in [5.41, 5.74) is 7.00. The lowest BCUT2D eigenvalue weighted by atomic mass is 9.95. The predicted molar refractivity (Wildman–Crippen MR) is 333 cm³/mol. The Morgan fingerprint density at radius 2 is 0.533 bits per heavy atom. The van der Waals surface area contributed by atoms with Crippen molar-refractivity contribution in [3.05, 3.63) is 287 Å². The molecule has 3 fully saturated rings. The molecule has 0 unspecified atom stereocenters. The molecule has 3 aliphatic heterocycles. The third-order valence-corrected chi connectivity index (χ3v) is 16.1. The van der Waals surface area contributed by atoms with Crippen molar-refractivity contribution in [2.24, 2.45) is 0 Å². The summed E-state index contributed by atoms with van der Waals surface area (Å²) >= 11 is 0. The van der Waals surface area contributed by atoms with Gasteiger partial charge in [0.05, 0.1) is 72.7 Å². The summed E-state index contributed by atoms with van der Waals surface area (Å²) in [5, 5.41) is 35.8. The molecule has 3 N–H and O–H groups in total. The summed E-state index contributed by atoms with van der Waals surface area (Å²) in [6.45, 7) is 0.297. The first kappa shape index (κ1) is 64.6. The molecule has 0 saturated carbocycles. The van der Waals surface area contributed by atoms with Crippen molar-refractivity contribution in [1.29, 1.82) is 0 Å². The molecule has 16 heteroatoms. The SMILES string of the molecule is OC[C@H]1O[C@H](O)[C@H](OCc2ccccc2)[C@@H](OCc2ccccc2)[C@@H]1O[C@H]1O[C@H](COCc2ccccc2)[C@@H](O[C@H]2O[C@H](COCc3ccccc3)[C@@H](O)[C@H](OCc3ccccc3)[C@H]2OCc2ccccc2)[C@H](OCc2ccccc2)[C@H]1OCc1ccccc1. The van der Waals surface area contributed by atoms with Gasteiger partial charge in [0.15, 0.2) is 18.9 Å². The summed E-state index contributed by atoms with van der Waals surface area (Å²) in [4.78, 5) is 0. The van der Waals surface area contributed by atoms with Gasteiger partial charge in [0, 0.05) is 0 Å². The molecule has 15 atom stereocenters. The minimum absolute atomic E-state index is 0.0439. The lowest BCUT2D eigenvalue weighted by molar-refractivity contribution is -0.392. The third kappa shape index (κ3) is 18.2. The van der Waals surface area contributed by atoms with Crippen LogP contribution in [-0.2, 0) is 114 Å². The number of ether oxygens (including phenoxy) is 13. The molecule has 8 aromatic rings. The topological polar surface area (TPSA) is 181 Å². The van der Waals surface area contributed by atoms with Gasteiger partial charge in [-0.05, 0) is 44.5 Å². The molecule has 3 saturated heterocycles. The lowest BCUT2D eigenvalue weighted by Crippen LogP contribution is -2.68. The molecule has 8 aromatic carbocycles. The van der Waals surface area contributed by atoms with Gasteiger partial charge in [-0.15, -0.1) is 0 Å². The summed E-state index contributed by atoms with van der Waals surface area (Å²) in [5.74, 6) is 0. The number of hydrogen-bond acceptors (Lipinski definition) is 16. The number of rotatable bonds is 31. The molecule has 3 aliphatic rings. The Balaban J connectivity index is 0.999. The Morgan fingerprint density at radius 3 is 0.889 bits per heavy atom. The van der Waals surface area contributed by atoms with Crippen molar-refractivity contribution >= 4 is 0 Å². The number of aliphatic hydroxyl groups excluding tert-OH is 3. The second kappa shape index (κ2) is 34.0. The lowest BCUT2D eigenvalue weighted by Gasteiger charge is -2.51. The highest BCUT2D eigenvalue weighted by molar-refractivity contribution is 5.20. The van der Waals surface area contributed by atoms with Gasteiger partial charge in [0.25, 0.3) is 0 Å². The van der Waals surface area contributed by atoms with Gasteiger partial charge in [-0.25, -0.2) is 0 Å². The minimum atomic E-state index is -1.54. The van der Waals surface area contributed by atoms with E-state index in [1.807, 2.05) is 243 Å². The Hall–Kier alpha value is -6.88. The van der Waals surface area contributed by atoms with E-state index in [4.69, 9.17) is 61.6 Å². The molecule has 0 bridgehead atoms. The number of hydrogen-bond donors (Lipinski definition) is 3. The first-order valence-electron chi connectivity index (χ1n) is 30.8. The van der Waals surface area contributed by atoms with E-state index in [9.17, 15) is 15.3 Å². The van der Waals surface area contributed by atoms with Crippen molar-refractivity contribution in [1.82, 2.24) is 0 Å². The Labute approximate surface area is 526 Å². The van der Waals surface area contributed by atoms with E-state index in [1.54, 1.807) is 0 Å². The quantitative estimate of drug-likeness (QED) is 0.0373. The molecule has 0 spiro atoms. The largest absolute Gasteiger partial charge is 0.394 e. The monoisotopic (exact) mass is 1220 g/mol. The second-order valence-corrected chi connectivity index (χ2v) is 22.6. The number of benzene rings is 8. The van der Waals surface area contributed by atoms with Crippen LogP contribution in [0.3, 0.4) is 0 Å². The van der Waals surface area contributed by atoms with E-state index >= 15 is 0 Å². The average molecular weight is 1230 g/mol. The van der Waals surface area contributed by atoms with Crippen molar-refractivity contribution in [2.45, 2.75) is 145 Å². The van der Waals surface area contributed by atoms with Gasteiger partial charge >= 0.3 is 0 Å². The molecule has 16 nitrogen and oxygen atoms in total. The predicted octanol–water partition coefficient (Wildman–Crippen LogP) is 10.2. The van der Waals surface area contributed by atoms with Gasteiger partial charge in [-0.3, -0.25) is 0 Å². The van der Waals surface area contributed by atoms with Gasteiger partial charge in [0.1, 0.15) is 73.2 Å². The minimum Gasteiger partial charge on any atom is -0.394 e. The van der Waals surface area contributed by atoms with Crippen LogP contribution in [0.4, 0.5) is 0 Å². The van der Waals surface area contributed by atoms with Crippen LogP contribution in [0.5, 0.6) is 0 Å². The number of aliphatic hydroxyl groups is 3. The van der Waals surface area contributed by atoms with Gasteiger partial charge < -0.3 is 76.9 Å². The first-order chi connectivity index (χ1) is 44.4. The molecule has 0 aliphatic carbocycles. The molecule has 11 rings (SSSR count). The van der Waals surface area contributed by atoms with Crippen molar-refractivity contribution in [2.75, 3.05) is 19.8 Å².